The van der Waals surface area contributed by atoms with Gasteiger partial charge in [-0.15, -0.1) is 0 Å². The summed E-state index contributed by atoms with van der Waals surface area (Å²) < 4.78 is 13.9. The summed E-state index contributed by atoms with van der Waals surface area (Å²) in [4.78, 5) is 17.1. The van der Waals surface area contributed by atoms with Gasteiger partial charge < -0.3 is 5.32 Å². The van der Waals surface area contributed by atoms with E-state index in [1.165, 1.54) is 12.1 Å². The first-order valence-corrected chi connectivity index (χ1v) is 9.58. The normalized spacial score (nSPS) is 20.0. The van der Waals surface area contributed by atoms with E-state index in [-0.39, 0.29) is 17.2 Å². The molecule has 2 unspecified atom stereocenters. The quantitative estimate of drug-likeness (QED) is 0.646. The zero-order chi connectivity index (χ0) is 20.6. The fourth-order valence-corrected chi connectivity index (χ4v) is 3.80. The first-order chi connectivity index (χ1) is 13.9. The highest BCUT2D eigenvalue weighted by Gasteiger charge is 2.58. The zero-order valence-electron chi connectivity index (χ0n) is 15.0. The maximum atomic E-state index is 13.9. The molecule has 1 heterocycles. The van der Waals surface area contributed by atoms with Gasteiger partial charge in [0.1, 0.15) is 11.9 Å². The molecule has 3 aromatic rings. The molecule has 7 heteroatoms. The highest BCUT2D eigenvalue weighted by molar-refractivity contribution is 6.30. The van der Waals surface area contributed by atoms with Crippen molar-refractivity contribution in [1.82, 2.24) is 10.3 Å². The van der Waals surface area contributed by atoms with Crippen LogP contribution in [0.2, 0.25) is 10.0 Å². The fraction of sp³-hybridized carbons (Fsp3) is 0.136. The van der Waals surface area contributed by atoms with Crippen molar-refractivity contribution in [1.29, 1.82) is 5.26 Å². The van der Waals surface area contributed by atoms with Crippen molar-refractivity contribution in [2.24, 2.45) is 0 Å². The molecule has 4 rings (SSSR count). The molecule has 1 saturated carbocycles. The number of carbonyl (C=O) groups excluding carboxylic acids is 1. The van der Waals surface area contributed by atoms with Gasteiger partial charge in [-0.1, -0.05) is 35.3 Å². The molecule has 0 aliphatic heterocycles. The van der Waals surface area contributed by atoms with E-state index in [0.717, 1.165) is 17.3 Å². The highest BCUT2D eigenvalue weighted by atomic mass is 35.5. The number of nitrogens with zero attached hydrogens (tertiary/aromatic N) is 2. The van der Waals surface area contributed by atoms with Gasteiger partial charge in [0.05, 0.1) is 21.7 Å². The first kappa shape index (κ1) is 19.4. The number of hydrogen-bond donors (Lipinski definition) is 1. The lowest BCUT2D eigenvalue weighted by Crippen LogP contribution is -2.32. The Bertz CT molecular complexity index is 1080. The van der Waals surface area contributed by atoms with Crippen molar-refractivity contribution in [3.05, 3.63) is 99.0 Å². The van der Waals surface area contributed by atoms with Crippen molar-refractivity contribution in [3.63, 3.8) is 0 Å². The fourth-order valence-electron chi connectivity index (χ4n) is 3.56. The van der Waals surface area contributed by atoms with Crippen LogP contribution in [0.25, 0.3) is 0 Å². The van der Waals surface area contributed by atoms with Crippen LogP contribution in [0.4, 0.5) is 4.39 Å². The molecule has 0 spiro atoms. The topological polar surface area (TPSA) is 65.8 Å². The number of aromatic nitrogens is 1. The van der Waals surface area contributed by atoms with Crippen molar-refractivity contribution in [2.75, 3.05) is 0 Å². The second kappa shape index (κ2) is 7.47. The number of amides is 1. The van der Waals surface area contributed by atoms with Crippen LogP contribution in [0.1, 0.15) is 33.6 Å². The number of hydrogen-bond acceptors (Lipinski definition) is 3. The summed E-state index contributed by atoms with van der Waals surface area (Å²) in [5.41, 5.74) is 1.28. The molecule has 1 aliphatic rings. The number of nitrogens with one attached hydrogen (secondary N) is 1. The average Bonchev–Trinajstić information content (AvgIpc) is 3.43. The molecule has 144 valence electrons. The molecule has 0 saturated heterocycles. The van der Waals surface area contributed by atoms with E-state index in [0.29, 0.717) is 16.5 Å². The molecule has 1 fully saturated rings. The van der Waals surface area contributed by atoms with Gasteiger partial charge in [0, 0.05) is 22.8 Å². The molecule has 1 amide bonds. The van der Waals surface area contributed by atoms with Crippen LogP contribution in [-0.4, -0.2) is 16.9 Å². The van der Waals surface area contributed by atoms with Crippen LogP contribution >= 0.6 is 23.2 Å². The SMILES string of the molecule is N#Cc1ccc(C(=O)NC2CC2(c2ccc(Cl)cc2)c2ccc(Cl)cn2)cc1F. The van der Waals surface area contributed by atoms with Gasteiger partial charge in [0.2, 0.25) is 0 Å². The van der Waals surface area contributed by atoms with E-state index in [2.05, 4.69) is 10.3 Å². The summed E-state index contributed by atoms with van der Waals surface area (Å²) in [5.74, 6) is -1.14. The van der Waals surface area contributed by atoms with Crippen LogP contribution in [0.3, 0.4) is 0 Å². The van der Waals surface area contributed by atoms with Crippen LogP contribution in [0, 0.1) is 17.1 Å². The van der Waals surface area contributed by atoms with Gasteiger partial charge in [0.15, 0.2) is 0 Å². The van der Waals surface area contributed by atoms with Crippen molar-refractivity contribution in [2.45, 2.75) is 17.9 Å². The smallest absolute Gasteiger partial charge is 0.251 e. The predicted octanol–water partition coefficient (Wildman–Crippen LogP) is 4.89. The molecule has 2 aromatic carbocycles. The van der Waals surface area contributed by atoms with Gasteiger partial charge in [-0.3, -0.25) is 9.78 Å². The second-order valence-corrected chi connectivity index (χ2v) is 7.75. The summed E-state index contributed by atoms with van der Waals surface area (Å²) in [5, 5.41) is 12.9. The van der Waals surface area contributed by atoms with E-state index < -0.39 is 17.1 Å². The zero-order valence-corrected chi connectivity index (χ0v) is 16.5. The lowest BCUT2D eigenvalue weighted by molar-refractivity contribution is 0.0948. The molecule has 0 radical (unpaired) electrons. The predicted molar refractivity (Wildman–Crippen MR) is 108 cm³/mol. The third-order valence-corrected chi connectivity index (χ3v) is 5.64. The van der Waals surface area contributed by atoms with E-state index in [1.54, 1.807) is 30.5 Å². The monoisotopic (exact) mass is 425 g/mol. The number of benzene rings is 2. The highest BCUT2D eigenvalue weighted by Crippen LogP contribution is 2.53. The Kier molecular flexibility index (Phi) is 4.99. The summed E-state index contributed by atoms with van der Waals surface area (Å²) in [6.45, 7) is 0. The van der Waals surface area contributed by atoms with E-state index in [9.17, 15) is 9.18 Å². The Morgan fingerprint density at radius 1 is 1.14 bits per heavy atom. The molecule has 0 bridgehead atoms. The van der Waals surface area contributed by atoms with Gasteiger partial charge >= 0.3 is 0 Å². The Hall–Kier alpha value is -2.94. The number of carbonyl (C=O) groups is 1. The molecule has 2 atom stereocenters. The van der Waals surface area contributed by atoms with E-state index in [1.807, 2.05) is 18.2 Å². The van der Waals surface area contributed by atoms with E-state index >= 15 is 0 Å². The third-order valence-electron chi connectivity index (χ3n) is 5.16. The Labute approximate surface area is 176 Å². The third kappa shape index (κ3) is 3.57. The maximum Gasteiger partial charge on any atom is 0.251 e. The molecule has 1 aliphatic carbocycles. The second-order valence-electron chi connectivity index (χ2n) is 6.88. The minimum Gasteiger partial charge on any atom is -0.348 e. The first-order valence-electron chi connectivity index (χ1n) is 8.82. The summed E-state index contributed by atoms with van der Waals surface area (Å²) in [6.07, 6.45) is 2.20. The van der Waals surface area contributed by atoms with E-state index in [4.69, 9.17) is 28.5 Å². The molecule has 29 heavy (non-hydrogen) atoms. The number of nitriles is 1. The van der Waals surface area contributed by atoms with Crippen LogP contribution in [-0.2, 0) is 5.41 Å². The summed E-state index contributed by atoms with van der Waals surface area (Å²) in [6, 6.07) is 16.3. The van der Waals surface area contributed by atoms with Crippen molar-refractivity contribution >= 4 is 29.1 Å². The maximum absolute atomic E-state index is 13.9. The van der Waals surface area contributed by atoms with Crippen LogP contribution in [0.5, 0.6) is 0 Å². The lowest BCUT2D eigenvalue weighted by atomic mass is 9.91. The molecular formula is C22H14Cl2FN3O. The molecule has 4 nitrogen and oxygen atoms in total. The van der Waals surface area contributed by atoms with Crippen molar-refractivity contribution in [3.8, 4) is 6.07 Å². The minimum absolute atomic E-state index is 0.103. The van der Waals surface area contributed by atoms with Crippen LogP contribution < -0.4 is 5.32 Å². The lowest BCUT2D eigenvalue weighted by Gasteiger charge is -2.19. The molecule has 1 aromatic heterocycles. The van der Waals surface area contributed by atoms with Crippen LogP contribution in [0.15, 0.2) is 60.8 Å². The number of pyridine rings is 1. The number of rotatable bonds is 4. The number of halogens is 3. The van der Waals surface area contributed by atoms with Crippen molar-refractivity contribution < 1.29 is 9.18 Å². The van der Waals surface area contributed by atoms with Gasteiger partial charge in [-0.05, 0) is 54.4 Å². The Morgan fingerprint density at radius 3 is 2.48 bits per heavy atom. The largest absolute Gasteiger partial charge is 0.348 e. The molecule has 1 N–H and O–H groups in total. The van der Waals surface area contributed by atoms with Gasteiger partial charge in [-0.2, -0.15) is 5.26 Å². The standard InChI is InChI=1S/C22H14Cl2FN3O/c23-16-5-3-15(4-6-16)22(19-8-7-17(24)12-27-19)10-20(22)28-21(29)13-1-2-14(11-26)18(25)9-13/h1-9,12,20H,10H2,(H,28,29). The molecular weight excluding hydrogens is 412 g/mol. The summed E-state index contributed by atoms with van der Waals surface area (Å²) >= 11 is 12.0. The Morgan fingerprint density at radius 2 is 1.86 bits per heavy atom. The minimum atomic E-state index is -0.723. The average molecular weight is 426 g/mol. The summed E-state index contributed by atoms with van der Waals surface area (Å²) in [7, 11) is 0. The van der Waals surface area contributed by atoms with Gasteiger partial charge in [-0.25, -0.2) is 4.39 Å². The van der Waals surface area contributed by atoms with Gasteiger partial charge in [0.25, 0.3) is 5.91 Å². The Balaban J connectivity index is 1.64.